The highest BCUT2D eigenvalue weighted by Crippen LogP contribution is 2.31. The molecule has 1 fully saturated rings. The quantitative estimate of drug-likeness (QED) is 0.755. The molecule has 30 heavy (non-hydrogen) atoms. The molecule has 1 N–H and O–H groups in total. The van der Waals surface area contributed by atoms with Gasteiger partial charge in [0.25, 0.3) is 0 Å². The third-order valence-corrected chi connectivity index (χ3v) is 8.57. The van der Waals surface area contributed by atoms with Crippen molar-refractivity contribution in [2.45, 2.75) is 49.4 Å². The van der Waals surface area contributed by atoms with Crippen LogP contribution in [0.3, 0.4) is 0 Å². The number of sulfone groups is 1. The lowest BCUT2D eigenvalue weighted by molar-refractivity contribution is -0.119. The van der Waals surface area contributed by atoms with Crippen molar-refractivity contribution in [3.05, 3.63) is 53.1 Å². The van der Waals surface area contributed by atoms with E-state index in [1.807, 2.05) is 19.1 Å². The second-order valence-corrected chi connectivity index (χ2v) is 11.6. The number of rotatable bonds is 5. The first-order chi connectivity index (χ1) is 13.9. The number of nitrogens with zero attached hydrogens (tertiary/aromatic N) is 1. The standard InChI is InChI=1S/C21H26N2O5S2/c1-14-12-15(2)20(16(3)13-14)30(27,28)23-11-5-6-19(23)21(24)22-17-7-9-18(10-8-17)29(4,25)26/h7-10,12-13,19H,5-6,11H2,1-4H3,(H,22,24). The minimum absolute atomic E-state index is 0.149. The third kappa shape index (κ3) is 4.43. The molecule has 1 atom stereocenters. The van der Waals surface area contributed by atoms with Crippen LogP contribution >= 0.6 is 0 Å². The van der Waals surface area contributed by atoms with Crippen LogP contribution in [0.5, 0.6) is 0 Å². The van der Waals surface area contributed by atoms with Crippen LogP contribution in [0.1, 0.15) is 29.5 Å². The van der Waals surface area contributed by atoms with E-state index in [1.165, 1.54) is 28.6 Å². The summed E-state index contributed by atoms with van der Waals surface area (Å²) in [5.41, 5.74) is 2.72. The average molecular weight is 451 g/mol. The molecular weight excluding hydrogens is 424 g/mol. The number of anilines is 1. The van der Waals surface area contributed by atoms with Gasteiger partial charge in [0, 0.05) is 18.5 Å². The maximum atomic E-state index is 13.4. The Hall–Kier alpha value is -2.23. The Kier molecular flexibility index (Phi) is 6.08. The van der Waals surface area contributed by atoms with Crippen molar-refractivity contribution < 1.29 is 21.6 Å². The van der Waals surface area contributed by atoms with Crippen LogP contribution in [0.25, 0.3) is 0 Å². The number of sulfonamides is 1. The highest BCUT2D eigenvalue weighted by molar-refractivity contribution is 7.90. The Morgan fingerprint density at radius 3 is 2.10 bits per heavy atom. The third-order valence-electron chi connectivity index (χ3n) is 5.23. The molecule has 1 aliphatic rings. The monoisotopic (exact) mass is 450 g/mol. The van der Waals surface area contributed by atoms with Crippen molar-refractivity contribution in [3.63, 3.8) is 0 Å². The Labute approximate surface area is 178 Å². The van der Waals surface area contributed by atoms with Gasteiger partial charge in [0.15, 0.2) is 9.84 Å². The first-order valence-corrected chi connectivity index (χ1v) is 12.9. The van der Waals surface area contributed by atoms with E-state index in [0.29, 0.717) is 29.7 Å². The number of aryl methyl sites for hydroxylation is 3. The van der Waals surface area contributed by atoms with Crippen LogP contribution < -0.4 is 5.32 Å². The highest BCUT2D eigenvalue weighted by atomic mass is 32.2. The van der Waals surface area contributed by atoms with E-state index < -0.39 is 31.8 Å². The molecule has 0 bridgehead atoms. The fraction of sp³-hybridized carbons (Fsp3) is 0.381. The molecule has 2 aromatic carbocycles. The number of hydrogen-bond acceptors (Lipinski definition) is 5. The zero-order valence-electron chi connectivity index (χ0n) is 17.5. The van der Waals surface area contributed by atoms with Gasteiger partial charge in [-0.15, -0.1) is 0 Å². The molecule has 9 heteroatoms. The molecular formula is C21H26N2O5S2. The van der Waals surface area contributed by atoms with E-state index in [4.69, 9.17) is 0 Å². The normalized spacial score (nSPS) is 17.8. The van der Waals surface area contributed by atoms with Gasteiger partial charge in [-0.3, -0.25) is 4.79 Å². The SMILES string of the molecule is Cc1cc(C)c(S(=O)(=O)N2CCCC2C(=O)Nc2ccc(S(C)(=O)=O)cc2)c(C)c1. The number of carbonyl (C=O) groups excluding carboxylic acids is 1. The molecule has 1 aliphatic heterocycles. The summed E-state index contributed by atoms with van der Waals surface area (Å²) in [5.74, 6) is -0.425. The molecule has 162 valence electrons. The van der Waals surface area contributed by atoms with Crippen LogP contribution in [-0.4, -0.2) is 45.9 Å². The summed E-state index contributed by atoms with van der Waals surface area (Å²) in [5, 5.41) is 2.71. The fourth-order valence-corrected chi connectivity index (χ4v) is 6.69. The topological polar surface area (TPSA) is 101 Å². The van der Waals surface area contributed by atoms with Gasteiger partial charge in [0.05, 0.1) is 9.79 Å². The van der Waals surface area contributed by atoms with E-state index in [2.05, 4.69) is 5.32 Å². The molecule has 0 aromatic heterocycles. The number of benzene rings is 2. The summed E-state index contributed by atoms with van der Waals surface area (Å²) in [6.07, 6.45) is 2.13. The van der Waals surface area contributed by atoms with E-state index in [0.717, 1.165) is 11.8 Å². The predicted octanol–water partition coefficient (Wildman–Crippen LogP) is 2.81. The Morgan fingerprint density at radius 2 is 1.57 bits per heavy atom. The van der Waals surface area contributed by atoms with Gasteiger partial charge < -0.3 is 5.32 Å². The van der Waals surface area contributed by atoms with Crippen LogP contribution in [0.4, 0.5) is 5.69 Å². The largest absolute Gasteiger partial charge is 0.325 e. The first-order valence-electron chi connectivity index (χ1n) is 9.62. The maximum Gasteiger partial charge on any atom is 0.244 e. The molecule has 2 aromatic rings. The summed E-state index contributed by atoms with van der Waals surface area (Å²) < 4.78 is 51.2. The minimum Gasteiger partial charge on any atom is -0.325 e. The second kappa shape index (κ2) is 8.13. The van der Waals surface area contributed by atoms with E-state index >= 15 is 0 Å². The number of nitrogens with one attached hydrogen (secondary N) is 1. The van der Waals surface area contributed by atoms with Crippen LogP contribution in [-0.2, 0) is 24.7 Å². The molecule has 0 spiro atoms. The van der Waals surface area contributed by atoms with Crippen molar-refractivity contribution in [1.29, 1.82) is 0 Å². The van der Waals surface area contributed by atoms with Crippen molar-refractivity contribution in [2.24, 2.45) is 0 Å². The lowest BCUT2D eigenvalue weighted by atomic mass is 10.1. The first kappa shape index (κ1) is 22.5. The average Bonchev–Trinajstić information content (AvgIpc) is 3.11. The smallest absolute Gasteiger partial charge is 0.244 e. The Morgan fingerprint density at radius 1 is 1.00 bits per heavy atom. The zero-order chi connectivity index (χ0) is 22.3. The van der Waals surface area contributed by atoms with E-state index in [9.17, 15) is 21.6 Å². The van der Waals surface area contributed by atoms with Crippen LogP contribution in [0, 0.1) is 20.8 Å². The molecule has 1 heterocycles. The molecule has 7 nitrogen and oxygen atoms in total. The van der Waals surface area contributed by atoms with Crippen molar-refractivity contribution in [3.8, 4) is 0 Å². The second-order valence-electron chi connectivity index (χ2n) is 7.79. The highest BCUT2D eigenvalue weighted by Gasteiger charge is 2.40. The summed E-state index contributed by atoms with van der Waals surface area (Å²) in [7, 11) is -7.17. The molecule has 1 unspecified atom stereocenters. The lowest BCUT2D eigenvalue weighted by Gasteiger charge is -2.25. The van der Waals surface area contributed by atoms with Gasteiger partial charge in [-0.1, -0.05) is 17.7 Å². The Balaban J connectivity index is 1.86. The van der Waals surface area contributed by atoms with Gasteiger partial charge in [0.2, 0.25) is 15.9 Å². The minimum atomic E-state index is -3.84. The predicted molar refractivity (Wildman–Crippen MR) is 116 cm³/mol. The summed E-state index contributed by atoms with van der Waals surface area (Å²) in [6.45, 7) is 5.72. The van der Waals surface area contributed by atoms with Crippen molar-refractivity contribution >= 4 is 31.5 Å². The van der Waals surface area contributed by atoms with Gasteiger partial charge in [0.1, 0.15) is 6.04 Å². The summed E-state index contributed by atoms with van der Waals surface area (Å²) >= 11 is 0. The van der Waals surface area contributed by atoms with Crippen LogP contribution in [0.2, 0.25) is 0 Å². The van der Waals surface area contributed by atoms with Crippen LogP contribution in [0.15, 0.2) is 46.2 Å². The molecule has 0 radical (unpaired) electrons. The maximum absolute atomic E-state index is 13.4. The van der Waals surface area contributed by atoms with Crippen molar-refractivity contribution in [2.75, 3.05) is 18.1 Å². The number of hydrogen-bond donors (Lipinski definition) is 1. The molecule has 1 saturated heterocycles. The number of amides is 1. The van der Waals surface area contributed by atoms with Gasteiger partial charge >= 0.3 is 0 Å². The van der Waals surface area contributed by atoms with Crippen molar-refractivity contribution in [1.82, 2.24) is 4.31 Å². The summed E-state index contributed by atoms with van der Waals surface area (Å²) in [6, 6.07) is 8.65. The van der Waals surface area contributed by atoms with Gasteiger partial charge in [-0.2, -0.15) is 4.31 Å². The Bertz CT molecular complexity index is 1160. The molecule has 1 amide bonds. The van der Waals surface area contributed by atoms with E-state index in [1.54, 1.807) is 13.8 Å². The molecule has 0 aliphatic carbocycles. The number of carbonyl (C=O) groups is 1. The fourth-order valence-electron chi connectivity index (χ4n) is 3.99. The van der Waals surface area contributed by atoms with E-state index in [-0.39, 0.29) is 16.3 Å². The zero-order valence-corrected chi connectivity index (χ0v) is 19.1. The molecule has 0 saturated carbocycles. The lowest BCUT2D eigenvalue weighted by Crippen LogP contribution is -2.43. The summed E-state index contributed by atoms with van der Waals surface area (Å²) in [4.78, 5) is 13.3. The molecule has 3 rings (SSSR count). The van der Waals surface area contributed by atoms with Gasteiger partial charge in [-0.05, 0) is 69.0 Å². The van der Waals surface area contributed by atoms with Gasteiger partial charge in [-0.25, -0.2) is 16.8 Å².